The molecule has 0 saturated carbocycles. The topological polar surface area (TPSA) is 38.0 Å². The molecule has 4 heteroatoms. The summed E-state index contributed by atoms with van der Waals surface area (Å²) in [5.74, 6) is 5.92. The summed E-state index contributed by atoms with van der Waals surface area (Å²) in [6.07, 6.45) is 3.00. The number of hydrogen-bond donors (Lipinski definition) is 2. The third kappa shape index (κ3) is 4.05. The Morgan fingerprint density at radius 1 is 1.35 bits per heavy atom. The van der Waals surface area contributed by atoms with Gasteiger partial charge in [0, 0.05) is 6.04 Å². The van der Waals surface area contributed by atoms with Gasteiger partial charge in [-0.2, -0.15) is 0 Å². The van der Waals surface area contributed by atoms with Crippen molar-refractivity contribution in [2.45, 2.75) is 39.2 Å². The van der Waals surface area contributed by atoms with Crippen molar-refractivity contribution in [3.63, 3.8) is 0 Å². The fourth-order valence-electron chi connectivity index (χ4n) is 2.14. The Labute approximate surface area is 111 Å². The van der Waals surface area contributed by atoms with Crippen LogP contribution < -0.4 is 11.3 Å². The summed E-state index contributed by atoms with van der Waals surface area (Å²) in [6.45, 7) is 4.33. The van der Waals surface area contributed by atoms with Crippen molar-refractivity contribution in [2.24, 2.45) is 11.8 Å². The van der Waals surface area contributed by atoms with E-state index < -0.39 is 0 Å². The van der Waals surface area contributed by atoms with Gasteiger partial charge in [-0.25, -0.2) is 4.39 Å². The molecule has 1 unspecified atom stereocenters. The Morgan fingerprint density at radius 2 is 2.00 bits per heavy atom. The van der Waals surface area contributed by atoms with E-state index in [0.29, 0.717) is 10.4 Å². The molecule has 1 aromatic carbocycles. The van der Waals surface area contributed by atoms with Crippen molar-refractivity contribution >= 4 is 15.9 Å². The Morgan fingerprint density at radius 3 is 2.47 bits per heavy atom. The van der Waals surface area contributed by atoms with Gasteiger partial charge in [-0.05, 0) is 46.0 Å². The third-order valence-corrected chi connectivity index (χ3v) is 3.88. The molecule has 0 saturated heterocycles. The lowest BCUT2D eigenvalue weighted by Gasteiger charge is -2.24. The van der Waals surface area contributed by atoms with E-state index in [1.54, 1.807) is 0 Å². The standard InChI is InChI=1S/C13H20BrFN2/c1-3-10(4-2)13(17-16)8-9-5-6-12(15)11(14)7-9/h5-7,10,13,17H,3-4,8,16H2,1-2H3. The van der Waals surface area contributed by atoms with Crippen molar-refractivity contribution in [1.82, 2.24) is 5.43 Å². The first-order valence-electron chi connectivity index (χ1n) is 6.02. The molecule has 0 fully saturated rings. The van der Waals surface area contributed by atoms with Crippen molar-refractivity contribution in [1.29, 1.82) is 0 Å². The molecule has 0 aliphatic carbocycles. The number of hydrogen-bond acceptors (Lipinski definition) is 2. The first-order chi connectivity index (χ1) is 8.12. The van der Waals surface area contributed by atoms with Gasteiger partial charge in [0.15, 0.2) is 0 Å². The molecule has 0 aliphatic heterocycles. The van der Waals surface area contributed by atoms with E-state index in [0.717, 1.165) is 24.8 Å². The Hall–Kier alpha value is -0.450. The molecule has 96 valence electrons. The van der Waals surface area contributed by atoms with Gasteiger partial charge in [-0.1, -0.05) is 32.8 Å². The highest BCUT2D eigenvalue weighted by Crippen LogP contribution is 2.21. The van der Waals surface area contributed by atoms with E-state index in [1.807, 2.05) is 12.1 Å². The molecule has 0 spiro atoms. The van der Waals surface area contributed by atoms with Gasteiger partial charge < -0.3 is 0 Å². The predicted octanol–water partition coefficient (Wildman–Crippen LogP) is 3.40. The van der Waals surface area contributed by atoms with Crippen molar-refractivity contribution < 1.29 is 4.39 Å². The summed E-state index contributed by atoms with van der Waals surface area (Å²) in [5.41, 5.74) is 3.97. The first kappa shape index (κ1) is 14.6. The van der Waals surface area contributed by atoms with Gasteiger partial charge in [0.1, 0.15) is 5.82 Å². The summed E-state index contributed by atoms with van der Waals surface area (Å²) >= 11 is 3.20. The molecule has 1 atom stereocenters. The molecular formula is C13H20BrFN2. The minimum absolute atomic E-state index is 0.228. The van der Waals surface area contributed by atoms with Crippen LogP contribution in [0.3, 0.4) is 0 Å². The van der Waals surface area contributed by atoms with Gasteiger partial charge in [0.2, 0.25) is 0 Å². The fourth-order valence-corrected chi connectivity index (χ4v) is 2.57. The zero-order chi connectivity index (χ0) is 12.8. The SMILES string of the molecule is CCC(CC)C(Cc1ccc(F)c(Br)c1)NN. The van der Waals surface area contributed by atoms with Gasteiger partial charge in [-0.15, -0.1) is 0 Å². The molecular weight excluding hydrogens is 283 g/mol. The Balaban J connectivity index is 2.76. The number of nitrogens with two attached hydrogens (primary N) is 1. The van der Waals surface area contributed by atoms with E-state index in [-0.39, 0.29) is 11.9 Å². The maximum atomic E-state index is 13.1. The molecule has 0 bridgehead atoms. The zero-order valence-corrected chi connectivity index (χ0v) is 11.9. The van der Waals surface area contributed by atoms with Crippen LogP contribution in [0.2, 0.25) is 0 Å². The number of nitrogens with one attached hydrogen (secondary N) is 1. The maximum absolute atomic E-state index is 13.1. The van der Waals surface area contributed by atoms with Crippen molar-refractivity contribution in [3.8, 4) is 0 Å². The maximum Gasteiger partial charge on any atom is 0.137 e. The van der Waals surface area contributed by atoms with Crippen LogP contribution in [0.1, 0.15) is 32.3 Å². The molecule has 1 rings (SSSR count). The van der Waals surface area contributed by atoms with Crippen LogP contribution in [0.4, 0.5) is 4.39 Å². The van der Waals surface area contributed by atoms with Gasteiger partial charge in [0.05, 0.1) is 4.47 Å². The molecule has 17 heavy (non-hydrogen) atoms. The van der Waals surface area contributed by atoms with Crippen LogP contribution in [0, 0.1) is 11.7 Å². The van der Waals surface area contributed by atoms with E-state index in [4.69, 9.17) is 5.84 Å². The number of rotatable bonds is 6. The summed E-state index contributed by atoms with van der Waals surface area (Å²) in [5, 5.41) is 0. The van der Waals surface area contributed by atoms with Crippen LogP contribution in [0.15, 0.2) is 22.7 Å². The van der Waals surface area contributed by atoms with Crippen LogP contribution in [-0.4, -0.2) is 6.04 Å². The average Bonchev–Trinajstić information content (AvgIpc) is 2.33. The lowest BCUT2D eigenvalue weighted by atomic mass is 9.90. The molecule has 0 aromatic heterocycles. The number of benzene rings is 1. The quantitative estimate of drug-likeness (QED) is 0.624. The minimum Gasteiger partial charge on any atom is -0.271 e. The molecule has 0 radical (unpaired) electrons. The lowest BCUT2D eigenvalue weighted by molar-refractivity contribution is 0.335. The highest BCUT2D eigenvalue weighted by molar-refractivity contribution is 9.10. The average molecular weight is 303 g/mol. The van der Waals surface area contributed by atoms with Crippen LogP contribution in [0.5, 0.6) is 0 Å². The van der Waals surface area contributed by atoms with Crippen LogP contribution >= 0.6 is 15.9 Å². The Bertz CT molecular complexity index is 353. The number of halogens is 2. The van der Waals surface area contributed by atoms with E-state index in [2.05, 4.69) is 35.2 Å². The van der Waals surface area contributed by atoms with E-state index in [9.17, 15) is 4.39 Å². The lowest BCUT2D eigenvalue weighted by Crippen LogP contribution is -2.42. The molecule has 3 N–H and O–H groups in total. The minimum atomic E-state index is -0.228. The monoisotopic (exact) mass is 302 g/mol. The van der Waals surface area contributed by atoms with Gasteiger partial charge >= 0.3 is 0 Å². The van der Waals surface area contributed by atoms with Crippen LogP contribution in [0.25, 0.3) is 0 Å². The summed E-state index contributed by atoms with van der Waals surface area (Å²) in [7, 11) is 0. The second-order valence-electron chi connectivity index (χ2n) is 4.30. The molecule has 2 nitrogen and oxygen atoms in total. The van der Waals surface area contributed by atoms with Gasteiger partial charge in [0.25, 0.3) is 0 Å². The molecule has 0 amide bonds. The number of hydrazine groups is 1. The third-order valence-electron chi connectivity index (χ3n) is 3.27. The second-order valence-corrected chi connectivity index (χ2v) is 5.16. The predicted molar refractivity (Wildman–Crippen MR) is 73.0 cm³/mol. The van der Waals surface area contributed by atoms with Crippen molar-refractivity contribution in [3.05, 3.63) is 34.1 Å². The zero-order valence-electron chi connectivity index (χ0n) is 10.3. The fraction of sp³-hybridized carbons (Fsp3) is 0.538. The highest BCUT2D eigenvalue weighted by Gasteiger charge is 2.17. The van der Waals surface area contributed by atoms with Crippen molar-refractivity contribution in [2.75, 3.05) is 0 Å². The molecule has 0 aliphatic rings. The normalized spacial score (nSPS) is 13.1. The Kier molecular flexibility index (Phi) is 6.09. The van der Waals surface area contributed by atoms with Crippen LogP contribution in [-0.2, 0) is 6.42 Å². The summed E-state index contributed by atoms with van der Waals surface area (Å²) in [4.78, 5) is 0. The van der Waals surface area contributed by atoms with Gasteiger partial charge in [-0.3, -0.25) is 11.3 Å². The first-order valence-corrected chi connectivity index (χ1v) is 6.81. The van der Waals surface area contributed by atoms with E-state index in [1.165, 1.54) is 6.07 Å². The summed E-state index contributed by atoms with van der Waals surface area (Å²) < 4.78 is 13.6. The smallest absolute Gasteiger partial charge is 0.137 e. The molecule has 0 heterocycles. The van der Waals surface area contributed by atoms with E-state index >= 15 is 0 Å². The highest BCUT2D eigenvalue weighted by atomic mass is 79.9. The molecule has 1 aromatic rings. The second kappa shape index (κ2) is 7.09. The largest absolute Gasteiger partial charge is 0.271 e. The summed E-state index contributed by atoms with van der Waals surface area (Å²) in [6, 6.07) is 5.36.